The number of rotatable bonds is 10. The fourth-order valence-electron chi connectivity index (χ4n) is 4.37. The molecule has 176 valence electrons. The molecular formula is C27H41N3O2. The number of nitrogens with zero attached hydrogens (tertiary/aromatic N) is 2. The zero-order valence-electron chi connectivity index (χ0n) is 20.5. The monoisotopic (exact) mass is 439 g/mol. The van der Waals surface area contributed by atoms with Crippen LogP contribution in [0.25, 0.3) is 10.9 Å². The Morgan fingerprint density at radius 1 is 1.19 bits per heavy atom. The maximum absolute atomic E-state index is 12.0. The molecule has 0 bridgehead atoms. The van der Waals surface area contributed by atoms with Crippen molar-refractivity contribution in [3.8, 4) is 5.75 Å². The van der Waals surface area contributed by atoms with E-state index in [9.17, 15) is 4.79 Å². The minimum atomic E-state index is -0.144. The minimum Gasteiger partial charge on any atom is -0.488 e. The molecule has 1 aliphatic heterocycles. The summed E-state index contributed by atoms with van der Waals surface area (Å²) in [6.07, 6.45) is 10.3. The number of carbonyl (C=O) groups excluding carboxylic acids is 1. The number of unbranched alkanes of at least 4 members (excludes halogenated alkanes) is 2. The molecule has 0 spiro atoms. The molecule has 0 saturated carbocycles. The van der Waals surface area contributed by atoms with Gasteiger partial charge in [-0.2, -0.15) is 0 Å². The molecule has 1 aromatic carbocycles. The van der Waals surface area contributed by atoms with E-state index in [1.54, 1.807) is 0 Å². The standard InChI is InChI=1S/C27H41N3O2/c1-5-6-10-21-19-22-11-9-15-28-26(22)24(20-21)32-23-13-17-30(18-14-23)16-8-7-12-25(31)29-27(2,3)4/h9,11,15,19-20,23H,5-8,10,12-14,16-18H2,1-4H3,(H,29,31). The third kappa shape index (κ3) is 7.77. The lowest BCUT2D eigenvalue weighted by atomic mass is 10.0. The second kappa shape index (κ2) is 11.6. The molecule has 0 radical (unpaired) electrons. The van der Waals surface area contributed by atoms with Crippen molar-refractivity contribution in [1.82, 2.24) is 15.2 Å². The van der Waals surface area contributed by atoms with Gasteiger partial charge in [-0.3, -0.25) is 9.78 Å². The maximum Gasteiger partial charge on any atom is 0.220 e. The van der Waals surface area contributed by atoms with E-state index < -0.39 is 0 Å². The Bertz CT molecular complexity index is 867. The Hall–Kier alpha value is -2.14. The summed E-state index contributed by atoms with van der Waals surface area (Å²) in [6, 6.07) is 8.60. The maximum atomic E-state index is 12.0. The molecule has 0 unspecified atom stereocenters. The number of aromatic nitrogens is 1. The van der Waals surface area contributed by atoms with Crippen LogP contribution in [-0.2, 0) is 11.2 Å². The highest BCUT2D eigenvalue weighted by atomic mass is 16.5. The summed E-state index contributed by atoms with van der Waals surface area (Å²) in [5.41, 5.74) is 2.17. The predicted octanol–water partition coefficient (Wildman–Crippen LogP) is 5.51. The van der Waals surface area contributed by atoms with Gasteiger partial charge in [0.15, 0.2) is 0 Å². The number of hydrogen-bond donors (Lipinski definition) is 1. The summed E-state index contributed by atoms with van der Waals surface area (Å²) >= 11 is 0. The van der Waals surface area contributed by atoms with Crippen molar-refractivity contribution < 1.29 is 9.53 Å². The van der Waals surface area contributed by atoms with Crippen molar-refractivity contribution in [1.29, 1.82) is 0 Å². The van der Waals surface area contributed by atoms with Crippen LogP contribution in [0.15, 0.2) is 30.5 Å². The topological polar surface area (TPSA) is 54.5 Å². The van der Waals surface area contributed by atoms with Gasteiger partial charge < -0.3 is 15.0 Å². The van der Waals surface area contributed by atoms with Crippen LogP contribution in [0.3, 0.4) is 0 Å². The molecule has 1 N–H and O–H groups in total. The molecule has 5 heteroatoms. The fraction of sp³-hybridized carbons (Fsp3) is 0.630. The number of benzene rings is 1. The number of hydrogen-bond acceptors (Lipinski definition) is 4. The Labute approximate surface area is 193 Å². The Morgan fingerprint density at radius 2 is 1.97 bits per heavy atom. The van der Waals surface area contributed by atoms with E-state index in [1.807, 2.05) is 33.0 Å². The number of ether oxygens (including phenoxy) is 1. The second-order valence-electron chi connectivity index (χ2n) is 10.2. The molecule has 5 nitrogen and oxygen atoms in total. The number of carbonyl (C=O) groups is 1. The number of aryl methyl sites for hydroxylation is 1. The van der Waals surface area contributed by atoms with E-state index >= 15 is 0 Å². The molecule has 32 heavy (non-hydrogen) atoms. The van der Waals surface area contributed by atoms with Crippen LogP contribution in [0.4, 0.5) is 0 Å². The molecule has 1 saturated heterocycles. The largest absolute Gasteiger partial charge is 0.488 e. The van der Waals surface area contributed by atoms with E-state index in [4.69, 9.17) is 4.74 Å². The molecule has 2 heterocycles. The molecule has 1 aliphatic rings. The highest BCUT2D eigenvalue weighted by Crippen LogP contribution is 2.29. The Morgan fingerprint density at radius 3 is 2.69 bits per heavy atom. The van der Waals surface area contributed by atoms with Crippen molar-refractivity contribution in [2.45, 2.75) is 90.7 Å². The molecule has 1 amide bonds. The smallest absolute Gasteiger partial charge is 0.220 e. The first kappa shape index (κ1) is 24.5. The Balaban J connectivity index is 1.46. The van der Waals surface area contributed by atoms with Gasteiger partial charge in [-0.1, -0.05) is 19.4 Å². The summed E-state index contributed by atoms with van der Waals surface area (Å²) in [7, 11) is 0. The van der Waals surface area contributed by atoms with Crippen molar-refractivity contribution >= 4 is 16.8 Å². The van der Waals surface area contributed by atoms with Gasteiger partial charge in [0, 0.05) is 36.6 Å². The SMILES string of the molecule is CCCCc1cc(OC2CCN(CCCCC(=O)NC(C)(C)C)CC2)c2ncccc2c1. The summed E-state index contributed by atoms with van der Waals surface area (Å²) < 4.78 is 6.50. The fourth-order valence-corrected chi connectivity index (χ4v) is 4.37. The lowest BCUT2D eigenvalue weighted by Crippen LogP contribution is -2.40. The molecule has 0 atom stereocenters. The first-order chi connectivity index (χ1) is 15.3. The number of amides is 1. The summed E-state index contributed by atoms with van der Waals surface area (Å²) in [5.74, 6) is 1.10. The molecule has 1 aromatic heterocycles. The van der Waals surface area contributed by atoms with E-state index in [-0.39, 0.29) is 17.6 Å². The zero-order valence-corrected chi connectivity index (χ0v) is 20.5. The number of nitrogens with one attached hydrogen (secondary N) is 1. The van der Waals surface area contributed by atoms with Crippen LogP contribution in [0, 0.1) is 0 Å². The van der Waals surface area contributed by atoms with Crippen LogP contribution in [0.2, 0.25) is 0 Å². The molecule has 0 aliphatic carbocycles. The van der Waals surface area contributed by atoms with Gasteiger partial charge in [0.05, 0.1) is 0 Å². The van der Waals surface area contributed by atoms with Crippen molar-refractivity contribution in [3.63, 3.8) is 0 Å². The lowest BCUT2D eigenvalue weighted by molar-refractivity contribution is -0.122. The highest BCUT2D eigenvalue weighted by Gasteiger charge is 2.21. The zero-order chi connectivity index (χ0) is 23.0. The van der Waals surface area contributed by atoms with E-state index in [1.165, 1.54) is 23.8 Å². The molecule has 3 rings (SSSR count). The van der Waals surface area contributed by atoms with E-state index in [0.29, 0.717) is 6.42 Å². The lowest BCUT2D eigenvalue weighted by Gasteiger charge is -2.32. The van der Waals surface area contributed by atoms with E-state index in [2.05, 4.69) is 40.3 Å². The third-order valence-corrected chi connectivity index (χ3v) is 6.02. The minimum absolute atomic E-state index is 0.144. The molecule has 1 fully saturated rings. The Kier molecular flexibility index (Phi) is 8.92. The number of piperidine rings is 1. The van der Waals surface area contributed by atoms with Gasteiger partial charge in [-0.05, 0) is 89.6 Å². The molecular weight excluding hydrogens is 398 g/mol. The van der Waals surface area contributed by atoms with Crippen molar-refractivity contribution in [2.75, 3.05) is 19.6 Å². The van der Waals surface area contributed by atoms with E-state index in [0.717, 1.165) is 63.0 Å². The molecule has 2 aromatic rings. The number of pyridine rings is 1. The van der Waals surface area contributed by atoms with Gasteiger partial charge in [0.2, 0.25) is 5.91 Å². The number of fused-ring (bicyclic) bond motifs is 1. The summed E-state index contributed by atoms with van der Waals surface area (Å²) in [6.45, 7) is 11.5. The van der Waals surface area contributed by atoms with Crippen LogP contribution in [-0.4, -0.2) is 47.1 Å². The van der Waals surface area contributed by atoms with Crippen LogP contribution < -0.4 is 10.1 Å². The van der Waals surface area contributed by atoms with Gasteiger partial charge >= 0.3 is 0 Å². The van der Waals surface area contributed by atoms with Gasteiger partial charge in [0.25, 0.3) is 0 Å². The first-order valence-corrected chi connectivity index (χ1v) is 12.4. The van der Waals surface area contributed by atoms with Crippen LogP contribution in [0.5, 0.6) is 5.75 Å². The summed E-state index contributed by atoms with van der Waals surface area (Å²) in [5, 5.41) is 4.21. The van der Waals surface area contributed by atoms with Crippen molar-refractivity contribution in [2.24, 2.45) is 0 Å². The predicted molar refractivity (Wildman–Crippen MR) is 132 cm³/mol. The van der Waals surface area contributed by atoms with Gasteiger partial charge in [-0.15, -0.1) is 0 Å². The van der Waals surface area contributed by atoms with Crippen molar-refractivity contribution in [3.05, 3.63) is 36.0 Å². The first-order valence-electron chi connectivity index (χ1n) is 12.4. The second-order valence-corrected chi connectivity index (χ2v) is 10.2. The third-order valence-electron chi connectivity index (χ3n) is 6.02. The normalized spacial score (nSPS) is 15.8. The summed E-state index contributed by atoms with van der Waals surface area (Å²) in [4.78, 5) is 19.1. The average molecular weight is 440 g/mol. The van der Waals surface area contributed by atoms with Crippen LogP contribution in [0.1, 0.15) is 78.2 Å². The highest BCUT2D eigenvalue weighted by molar-refractivity contribution is 5.85. The van der Waals surface area contributed by atoms with Gasteiger partial charge in [0.1, 0.15) is 17.4 Å². The average Bonchev–Trinajstić information content (AvgIpc) is 2.75. The van der Waals surface area contributed by atoms with Gasteiger partial charge in [-0.25, -0.2) is 0 Å². The number of likely N-dealkylation sites (tertiary alicyclic amines) is 1. The quantitative estimate of drug-likeness (QED) is 0.496. The van der Waals surface area contributed by atoms with Crippen LogP contribution >= 0.6 is 0 Å².